The van der Waals surface area contributed by atoms with Crippen molar-refractivity contribution in [2.75, 3.05) is 0 Å². The van der Waals surface area contributed by atoms with Crippen LogP contribution >= 0.6 is 0 Å². The van der Waals surface area contributed by atoms with E-state index in [2.05, 4.69) is 493 Å². The fourth-order valence-corrected chi connectivity index (χ4v) is 23.6. The molecule has 6 aromatic heterocycles. The second kappa shape index (κ2) is 33.2. The Morgan fingerprint density at radius 2 is 0.424 bits per heavy atom. The molecule has 0 aliphatic rings. The van der Waals surface area contributed by atoms with Gasteiger partial charge in [0.15, 0.2) is 5.69 Å². The van der Waals surface area contributed by atoms with Crippen molar-refractivity contribution in [1.82, 2.24) is 27.4 Å². The number of nitrogens with zero attached hydrogens (tertiary/aromatic N) is 9. The molecule has 0 N–H and O–H groups in total. The molecule has 0 amide bonds. The van der Waals surface area contributed by atoms with E-state index in [-0.39, 0.29) is 0 Å². The molecular formula is C135H81N9. The van der Waals surface area contributed by atoms with Gasteiger partial charge in [-0.3, -0.25) is 0 Å². The Morgan fingerprint density at radius 1 is 0.167 bits per heavy atom. The molecule has 0 radical (unpaired) electrons. The number of benzene rings is 24. The molecule has 0 atom stereocenters. The van der Waals surface area contributed by atoms with Gasteiger partial charge in [0, 0.05) is 132 Å². The summed E-state index contributed by atoms with van der Waals surface area (Å²) < 4.78 is 14.6. The number of fused-ring (bicyclic) bond motifs is 27. The van der Waals surface area contributed by atoms with Crippen LogP contribution in [-0.4, -0.2) is 27.4 Å². The molecule has 144 heavy (non-hydrogen) atoms. The lowest BCUT2D eigenvalue weighted by Gasteiger charge is -2.17. The maximum atomic E-state index is 9.71. The van der Waals surface area contributed by atoms with E-state index < -0.39 is 0 Å². The number of rotatable bonds is 9. The van der Waals surface area contributed by atoms with E-state index in [1.54, 1.807) is 0 Å². The lowest BCUT2D eigenvalue weighted by atomic mass is 9.97. The van der Waals surface area contributed by atoms with E-state index >= 15 is 0 Å². The lowest BCUT2D eigenvalue weighted by molar-refractivity contribution is 1.17. The molecule has 0 saturated heterocycles. The maximum Gasteiger partial charge on any atom is 0.187 e. The third-order valence-corrected chi connectivity index (χ3v) is 29.7. The maximum absolute atomic E-state index is 9.71. The number of hydrogen-bond acceptors (Lipinski definition) is 2. The topological polar surface area (TPSA) is 81.5 Å². The zero-order valence-electron chi connectivity index (χ0n) is 77.8. The van der Waals surface area contributed by atoms with Gasteiger partial charge in [0.05, 0.1) is 102 Å². The van der Waals surface area contributed by atoms with Gasteiger partial charge in [-0.1, -0.05) is 358 Å². The summed E-state index contributed by atoms with van der Waals surface area (Å²) in [6.07, 6.45) is 0. The number of aromatic nitrogens is 6. The molecule has 0 spiro atoms. The molecule has 30 rings (SSSR count). The minimum Gasteiger partial charge on any atom is -0.309 e. The van der Waals surface area contributed by atoms with Gasteiger partial charge in [-0.15, -0.1) is 0 Å². The molecule has 30 aromatic rings. The molecule has 0 unspecified atom stereocenters. The van der Waals surface area contributed by atoms with Crippen LogP contribution in [0.15, 0.2) is 491 Å². The molecule has 666 valence electrons. The van der Waals surface area contributed by atoms with Crippen molar-refractivity contribution >= 4 is 201 Å². The molecule has 24 aromatic carbocycles. The van der Waals surface area contributed by atoms with Crippen LogP contribution in [-0.2, 0) is 0 Å². The van der Waals surface area contributed by atoms with Crippen molar-refractivity contribution in [3.8, 4) is 79.6 Å². The smallest absolute Gasteiger partial charge is 0.187 e. The zero-order valence-corrected chi connectivity index (χ0v) is 77.8. The van der Waals surface area contributed by atoms with Crippen LogP contribution in [0.2, 0.25) is 0 Å². The first kappa shape index (κ1) is 82.4. The van der Waals surface area contributed by atoms with Crippen LogP contribution < -0.4 is 0 Å². The average Bonchev–Trinajstić information content (AvgIpc) is 1.56. The predicted octanol–water partition coefficient (Wildman–Crippen LogP) is 35.9. The van der Waals surface area contributed by atoms with Gasteiger partial charge in [-0.2, -0.15) is 10.5 Å². The van der Waals surface area contributed by atoms with E-state index in [0.29, 0.717) is 16.8 Å². The SMILES string of the molecule is N#Cc1ccc2cc(-n3c4ccccc4c4cccc(-c5cccc6c7ccccc7n(-c7ccccc7)c56)c43)c3ccccc3c2c1.N#Cc1ccc2ccc3cc(-n4c5ccccc5c5cccc(-c6cccc7c8ccccc8n(-c8ccccc8)c67)c54)ccc3c2c1.[C-]#[N+]c1ccc2ccc3ccc(-n4c5ccccc5c5cccc(-c6cccc7c8ccccc8n(-c8ccccc8)c67)c54)cc3c2c1. The monoisotopic (exact) mass is 1830 g/mol. The summed E-state index contributed by atoms with van der Waals surface area (Å²) in [6, 6.07) is 180. The van der Waals surface area contributed by atoms with Gasteiger partial charge in [-0.05, 0) is 193 Å². The molecule has 0 bridgehead atoms. The first-order chi connectivity index (χ1) is 71.4. The van der Waals surface area contributed by atoms with Gasteiger partial charge >= 0.3 is 0 Å². The number of para-hydroxylation sites is 15. The Hall–Kier alpha value is -19.9. The Bertz CT molecular complexity index is 10800. The normalized spacial score (nSPS) is 11.7. The summed E-state index contributed by atoms with van der Waals surface area (Å²) in [5, 5.41) is 47.6. The summed E-state index contributed by atoms with van der Waals surface area (Å²) >= 11 is 0. The highest BCUT2D eigenvalue weighted by atomic mass is 15.0. The van der Waals surface area contributed by atoms with Gasteiger partial charge in [0.2, 0.25) is 0 Å². The summed E-state index contributed by atoms with van der Waals surface area (Å²) in [5.74, 6) is 0. The molecule has 0 aliphatic heterocycles. The second-order valence-electron chi connectivity index (χ2n) is 37.3. The van der Waals surface area contributed by atoms with Crippen LogP contribution in [0, 0.1) is 29.2 Å². The van der Waals surface area contributed by atoms with Crippen molar-refractivity contribution in [2.24, 2.45) is 0 Å². The Morgan fingerprint density at radius 3 is 0.799 bits per heavy atom. The molecular weight excluding hydrogens is 1750 g/mol. The largest absolute Gasteiger partial charge is 0.309 e. The minimum atomic E-state index is 0.654. The first-order valence-corrected chi connectivity index (χ1v) is 48.7. The van der Waals surface area contributed by atoms with Crippen molar-refractivity contribution < 1.29 is 0 Å². The van der Waals surface area contributed by atoms with Crippen LogP contribution in [0.25, 0.3) is 268 Å². The van der Waals surface area contributed by atoms with Crippen LogP contribution in [0.1, 0.15) is 11.1 Å². The quantitative estimate of drug-likeness (QED) is 0.107. The minimum absolute atomic E-state index is 0.654. The van der Waals surface area contributed by atoms with Gasteiger partial charge in [0.25, 0.3) is 0 Å². The highest BCUT2D eigenvalue weighted by Crippen LogP contribution is 2.51. The van der Waals surface area contributed by atoms with Gasteiger partial charge in [-0.25, -0.2) is 4.85 Å². The average molecular weight is 1830 g/mol. The van der Waals surface area contributed by atoms with Crippen LogP contribution in [0.5, 0.6) is 0 Å². The molecule has 6 heterocycles. The molecule has 9 nitrogen and oxygen atoms in total. The van der Waals surface area contributed by atoms with E-state index in [9.17, 15) is 10.5 Å². The van der Waals surface area contributed by atoms with Crippen molar-refractivity contribution in [3.63, 3.8) is 0 Å². The second-order valence-corrected chi connectivity index (χ2v) is 37.3. The summed E-state index contributed by atoms with van der Waals surface area (Å²) in [5.41, 5.74) is 30.1. The zero-order chi connectivity index (χ0) is 95.3. The van der Waals surface area contributed by atoms with Crippen LogP contribution in [0.3, 0.4) is 0 Å². The fraction of sp³-hybridized carbons (Fsp3) is 0. The molecule has 0 fully saturated rings. The van der Waals surface area contributed by atoms with Crippen LogP contribution in [0.4, 0.5) is 5.69 Å². The van der Waals surface area contributed by atoms with E-state index in [1.807, 2.05) is 42.5 Å². The Balaban J connectivity index is 0.000000105. The van der Waals surface area contributed by atoms with Crippen molar-refractivity contribution in [1.29, 1.82) is 10.5 Å². The standard InChI is InChI=1S/3C45H27N3/c1-46-31-25-23-29-21-22-30-24-26-33(28-41(30)40(29)27-31)48-43-20-8-6-14-35(43)37-16-10-18-39(45(37)48)38-17-9-15-36-34-13-5-7-19-42(34)47(44(36)38)32-11-3-2-4-12-32;46-28-29-20-21-30-22-23-31-27-33(24-25-34(31)41(30)26-29)48-43-19-7-5-13-36(43)38-15-9-17-40(45(38)48)39-16-8-14-37-35-12-4-6-18-42(35)47(44(37)39)32-10-2-1-3-11-32;46-28-29-24-25-30-27-43(33-15-5-4-14-32(33)40(30)26-29)48-42-23-9-7-17-35(42)37-19-11-21-39(45(37)48)38-20-10-18-36-34-16-6-8-22-41(34)47(44(36)38)31-12-2-1-3-13-31/h2-28H;2*1-27H. The van der Waals surface area contributed by atoms with Crippen molar-refractivity contribution in [3.05, 3.63) is 514 Å². The van der Waals surface area contributed by atoms with Gasteiger partial charge < -0.3 is 27.4 Å². The first-order valence-electron chi connectivity index (χ1n) is 48.7. The third kappa shape index (κ3) is 12.8. The number of hydrogen-bond donors (Lipinski definition) is 0. The summed E-state index contributed by atoms with van der Waals surface area (Å²) in [7, 11) is 0. The Labute approximate surface area is 826 Å². The Kier molecular flexibility index (Phi) is 19.0. The van der Waals surface area contributed by atoms with E-state index in [1.165, 1.54) is 153 Å². The van der Waals surface area contributed by atoms with Crippen molar-refractivity contribution in [2.45, 2.75) is 0 Å². The lowest BCUT2D eigenvalue weighted by Crippen LogP contribution is -1.99. The highest BCUT2D eigenvalue weighted by molar-refractivity contribution is 6.25. The molecule has 0 saturated carbocycles. The predicted molar refractivity (Wildman–Crippen MR) is 602 cm³/mol. The molecule has 9 heteroatoms. The molecule has 0 aliphatic carbocycles. The van der Waals surface area contributed by atoms with Gasteiger partial charge in [0.1, 0.15) is 0 Å². The highest BCUT2D eigenvalue weighted by Gasteiger charge is 2.28. The summed E-state index contributed by atoms with van der Waals surface area (Å²) in [4.78, 5) is 3.74. The fourth-order valence-electron chi connectivity index (χ4n) is 23.6. The number of nitriles is 2. The summed E-state index contributed by atoms with van der Waals surface area (Å²) in [6.45, 7) is 7.65. The third-order valence-electron chi connectivity index (χ3n) is 29.7. The van der Waals surface area contributed by atoms with E-state index in [4.69, 9.17) is 6.57 Å². The van der Waals surface area contributed by atoms with E-state index in [0.717, 1.165) is 110 Å².